The molecule has 4 nitrogen and oxygen atoms in total. The number of thiophene rings is 1. The summed E-state index contributed by atoms with van der Waals surface area (Å²) in [5.74, 6) is 1.80. The van der Waals surface area contributed by atoms with E-state index in [1.807, 2.05) is 19.1 Å². The molecule has 2 aromatic heterocycles. The maximum atomic E-state index is 5.33. The lowest BCUT2D eigenvalue weighted by Crippen LogP contribution is -2.39. The minimum atomic E-state index is 0. The highest BCUT2D eigenvalue weighted by molar-refractivity contribution is 14.0. The standard InChI is InChI=1S/C17H23N3OS.HI/c1-14(2)13-20-17(18-9-7-15-5-3-11-21-15)19-10-8-16-6-4-12-22-16;/h3-6,11-12H,1,7-10,13H2,2H3,(H2,18,19,20);1H. The van der Waals surface area contributed by atoms with Crippen LogP contribution in [0.3, 0.4) is 0 Å². The largest absolute Gasteiger partial charge is 0.469 e. The van der Waals surface area contributed by atoms with Gasteiger partial charge in [-0.3, -0.25) is 0 Å². The number of rotatable bonds is 8. The van der Waals surface area contributed by atoms with Gasteiger partial charge in [0.15, 0.2) is 5.96 Å². The summed E-state index contributed by atoms with van der Waals surface area (Å²) >= 11 is 1.78. The first-order valence-electron chi connectivity index (χ1n) is 7.45. The van der Waals surface area contributed by atoms with Gasteiger partial charge in [-0.25, -0.2) is 4.99 Å². The third-order valence-electron chi connectivity index (χ3n) is 2.99. The fraction of sp³-hybridized carbons (Fsp3) is 0.353. The van der Waals surface area contributed by atoms with Crippen LogP contribution in [0.5, 0.6) is 0 Å². The van der Waals surface area contributed by atoms with Crippen molar-refractivity contribution in [2.24, 2.45) is 4.99 Å². The molecule has 2 rings (SSSR count). The Balaban J connectivity index is 0.00000264. The number of aliphatic imine (C=N–C) groups is 1. The monoisotopic (exact) mass is 445 g/mol. The Labute approximate surface area is 159 Å². The number of halogens is 1. The second-order valence-corrected chi connectivity index (χ2v) is 6.17. The van der Waals surface area contributed by atoms with Crippen molar-refractivity contribution in [3.05, 3.63) is 58.7 Å². The minimum absolute atomic E-state index is 0. The molecular weight excluding hydrogens is 421 g/mol. The number of hydrogen-bond acceptors (Lipinski definition) is 3. The first-order chi connectivity index (χ1) is 10.7. The second kappa shape index (κ2) is 11.3. The van der Waals surface area contributed by atoms with Crippen LogP contribution in [-0.4, -0.2) is 25.6 Å². The number of guanidine groups is 1. The van der Waals surface area contributed by atoms with Crippen molar-refractivity contribution in [1.29, 1.82) is 0 Å². The van der Waals surface area contributed by atoms with Crippen molar-refractivity contribution in [2.45, 2.75) is 19.8 Å². The molecular formula is C17H24IN3OS. The summed E-state index contributed by atoms with van der Waals surface area (Å²) < 4.78 is 5.33. The Morgan fingerprint density at radius 1 is 1.22 bits per heavy atom. The van der Waals surface area contributed by atoms with Crippen LogP contribution in [0.1, 0.15) is 17.6 Å². The molecule has 23 heavy (non-hydrogen) atoms. The lowest BCUT2D eigenvalue weighted by molar-refractivity contribution is 0.507. The van der Waals surface area contributed by atoms with Crippen molar-refractivity contribution in [1.82, 2.24) is 10.6 Å². The van der Waals surface area contributed by atoms with Crippen LogP contribution in [0.2, 0.25) is 0 Å². The minimum Gasteiger partial charge on any atom is -0.469 e. The highest BCUT2D eigenvalue weighted by atomic mass is 127. The highest BCUT2D eigenvalue weighted by Gasteiger charge is 2.01. The van der Waals surface area contributed by atoms with Gasteiger partial charge in [0.2, 0.25) is 0 Å². The van der Waals surface area contributed by atoms with E-state index in [9.17, 15) is 0 Å². The molecule has 0 saturated carbocycles. The quantitative estimate of drug-likeness (QED) is 0.281. The SMILES string of the molecule is C=C(C)CN=C(NCCc1ccco1)NCCc1cccs1.I. The van der Waals surface area contributed by atoms with E-state index in [4.69, 9.17) is 4.42 Å². The van der Waals surface area contributed by atoms with Crippen molar-refractivity contribution in [2.75, 3.05) is 19.6 Å². The molecule has 0 saturated heterocycles. The van der Waals surface area contributed by atoms with E-state index in [2.05, 4.69) is 39.7 Å². The molecule has 6 heteroatoms. The van der Waals surface area contributed by atoms with Crippen LogP contribution in [-0.2, 0) is 12.8 Å². The molecule has 0 fully saturated rings. The Morgan fingerprint density at radius 2 is 2.00 bits per heavy atom. The second-order valence-electron chi connectivity index (χ2n) is 5.13. The van der Waals surface area contributed by atoms with Crippen LogP contribution < -0.4 is 10.6 Å². The van der Waals surface area contributed by atoms with Gasteiger partial charge in [-0.05, 0) is 36.9 Å². The predicted octanol–water partition coefficient (Wildman–Crippen LogP) is 3.86. The average Bonchev–Trinajstić information content (AvgIpc) is 3.17. The van der Waals surface area contributed by atoms with Gasteiger partial charge in [0.1, 0.15) is 5.76 Å². The van der Waals surface area contributed by atoms with Crippen molar-refractivity contribution < 1.29 is 4.42 Å². The van der Waals surface area contributed by atoms with Gasteiger partial charge >= 0.3 is 0 Å². The summed E-state index contributed by atoms with van der Waals surface area (Å²) in [5.41, 5.74) is 1.05. The van der Waals surface area contributed by atoms with Crippen molar-refractivity contribution in [3.8, 4) is 0 Å². The third-order valence-corrected chi connectivity index (χ3v) is 3.93. The Bertz CT molecular complexity index is 537. The van der Waals surface area contributed by atoms with E-state index < -0.39 is 0 Å². The van der Waals surface area contributed by atoms with Gasteiger partial charge < -0.3 is 15.1 Å². The lowest BCUT2D eigenvalue weighted by atomic mass is 10.3. The molecule has 0 aliphatic rings. The van der Waals surface area contributed by atoms with Crippen molar-refractivity contribution in [3.63, 3.8) is 0 Å². The maximum absolute atomic E-state index is 5.33. The summed E-state index contributed by atoms with van der Waals surface area (Å²) in [7, 11) is 0. The normalized spacial score (nSPS) is 10.9. The fourth-order valence-corrected chi connectivity index (χ4v) is 2.62. The van der Waals surface area contributed by atoms with E-state index in [0.717, 1.165) is 43.2 Å². The molecule has 0 aliphatic heterocycles. The zero-order valence-electron chi connectivity index (χ0n) is 13.4. The molecule has 2 N–H and O–H groups in total. The molecule has 0 unspecified atom stereocenters. The van der Waals surface area contributed by atoms with Crippen molar-refractivity contribution >= 4 is 41.3 Å². The molecule has 0 aromatic carbocycles. The highest BCUT2D eigenvalue weighted by Crippen LogP contribution is 2.08. The van der Waals surface area contributed by atoms with Gasteiger partial charge in [0, 0.05) is 24.4 Å². The summed E-state index contributed by atoms with van der Waals surface area (Å²) in [6.07, 6.45) is 3.54. The first kappa shape index (κ1) is 19.8. The molecule has 0 radical (unpaired) electrons. The molecule has 126 valence electrons. The van der Waals surface area contributed by atoms with E-state index in [-0.39, 0.29) is 24.0 Å². The number of furan rings is 1. The van der Waals surface area contributed by atoms with Gasteiger partial charge in [-0.1, -0.05) is 18.2 Å². The van der Waals surface area contributed by atoms with Gasteiger partial charge in [-0.2, -0.15) is 0 Å². The van der Waals surface area contributed by atoms with E-state index in [0.29, 0.717) is 6.54 Å². The van der Waals surface area contributed by atoms with Crippen LogP contribution in [0.4, 0.5) is 0 Å². The molecule has 0 bridgehead atoms. The summed E-state index contributed by atoms with van der Waals surface area (Å²) in [6, 6.07) is 8.13. The average molecular weight is 445 g/mol. The topological polar surface area (TPSA) is 49.6 Å². The molecule has 0 aliphatic carbocycles. The Hall–Kier alpha value is -1.28. The van der Waals surface area contributed by atoms with Crippen LogP contribution >= 0.6 is 35.3 Å². The zero-order chi connectivity index (χ0) is 15.6. The van der Waals surface area contributed by atoms with Gasteiger partial charge in [-0.15, -0.1) is 35.3 Å². The summed E-state index contributed by atoms with van der Waals surface area (Å²) in [5, 5.41) is 8.81. The third kappa shape index (κ3) is 8.22. The van der Waals surface area contributed by atoms with E-state index in [1.54, 1.807) is 17.6 Å². The predicted molar refractivity (Wildman–Crippen MR) is 109 cm³/mol. The molecule has 0 atom stereocenters. The molecule has 0 spiro atoms. The lowest BCUT2D eigenvalue weighted by Gasteiger charge is -2.12. The smallest absolute Gasteiger partial charge is 0.191 e. The molecule has 2 aromatic rings. The van der Waals surface area contributed by atoms with Crippen LogP contribution in [0, 0.1) is 0 Å². The summed E-state index contributed by atoms with van der Waals surface area (Å²) in [6.45, 7) is 8.16. The zero-order valence-corrected chi connectivity index (χ0v) is 16.5. The van der Waals surface area contributed by atoms with Gasteiger partial charge in [0.25, 0.3) is 0 Å². The molecule has 2 heterocycles. The number of hydrogen-bond donors (Lipinski definition) is 2. The maximum Gasteiger partial charge on any atom is 0.191 e. The van der Waals surface area contributed by atoms with Gasteiger partial charge in [0.05, 0.1) is 12.8 Å². The fourth-order valence-electron chi connectivity index (χ4n) is 1.91. The van der Waals surface area contributed by atoms with E-state index >= 15 is 0 Å². The number of nitrogens with one attached hydrogen (secondary N) is 2. The summed E-state index contributed by atoms with van der Waals surface area (Å²) in [4.78, 5) is 5.91. The Morgan fingerprint density at radius 3 is 2.61 bits per heavy atom. The van der Waals surface area contributed by atoms with Crippen LogP contribution in [0.25, 0.3) is 0 Å². The van der Waals surface area contributed by atoms with E-state index in [1.165, 1.54) is 4.88 Å². The first-order valence-corrected chi connectivity index (χ1v) is 8.33. The molecule has 0 amide bonds. The number of nitrogens with zero attached hydrogens (tertiary/aromatic N) is 1. The Kier molecular flexibility index (Phi) is 9.70. The van der Waals surface area contributed by atoms with Crippen LogP contribution in [0.15, 0.2) is 57.5 Å².